The lowest BCUT2D eigenvalue weighted by Crippen LogP contribution is -2.32. The molecule has 10 aromatic rings. The lowest BCUT2D eigenvalue weighted by Gasteiger charge is -2.39. The number of para-hydroxylation sites is 2. The second-order valence-electron chi connectivity index (χ2n) is 17.8. The molecule has 0 radical (unpaired) electrons. The first-order chi connectivity index (χ1) is 32.2. The fourth-order valence-corrected chi connectivity index (χ4v) is 11.9. The fourth-order valence-electron chi connectivity index (χ4n) is 11.9. The smallest absolute Gasteiger partial charge is 0.132 e. The van der Waals surface area contributed by atoms with Crippen LogP contribution in [0, 0.1) is 0 Å². The molecule has 1 aliphatic heterocycles. The largest absolute Gasteiger partial charge is 0.457 e. The third-order valence-corrected chi connectivity index (χ3v) is 14.7. The van der Waals surface area contributed by atoms with Crippen molar-refractivity contribution in [3.63, 3.8) is 0 Å². The molecule has 65 heavy (non-hydrogen) atoms. The summed E-state index contributed by atoms with van der Waals surface area (Å²) in [7, 11) is 0. The Labute approximate surface area is 381 Å². The van der Waals surface area contributed by atoms with E-state index in [1.54, 1.807) is 0 Å². The van der Waals surface area contributed by atoms with Gasteiger partial charge in [-0.1, -0.05) is 237 Å². The van der Waals surface area contributed by atoms with Gasteiger partial charge in [0.2, 0.25) is 0 Å². The summed E-state index contributed by atoms with van der Waals surface area (Å²) >= 11 is 0. The molecule has 13 rings (SSSR count). The molecule has 0 fully saturated rings. The number of hydrogen-bond acceptors (Lipinski definition) is 1. The van der Waals surface area contributed by atoms with Crippen molar-refractivity contribution >= 4 is 0 Å². The molecule has 0 aromatic heterocycles. The third-order valence-electron chi connectivity index (χ3n) is 14.7. The van der Waals surface area contributed by atoms with E-state index in [9.17, 15) is 0 Å². The molecule has 1 atom stereocenters. The summed E-state index contributed by atoms with van der Waals surface area (Å²) in [6.07, 6.45) is 0.821. The van der Waals surface area contributed by atoms with Crippen LogP contribution in [0.3, 0.4) is 0 Å². The zero-order chi connectivity index (χ0) is 43.0. The topological polar surface area (TPSA) is 9.23 Å². The maximum absolute atomic E-state index is 6.71. The van der Waals surface area contributed by atoms with Crippen LogP contribution in [0.1, 0.15) is 67.1 Å². The Bertz CT molecular complexity index is 3340. The molecule has 1 unspecified atom stereocenters. The summed E-state index contributed by atoms with van der Waals surface area (Å²) in [6.45, 7) is 0. The first-order valence-corrected chi connectivity index (χ1v) is 22.8. The Morgan fingerprint density at radius 2 is 0.769 bits per heavy atom. The molecule has 3 aliphatic rings. The van der Waals surface area contributed by atoms with Crippen molar-refractivity contribution < 1.29 is 4.74 Å². The molecular weight excluding hydrogens is 785 g/mol. The van der Waals surface area contributed by atoms with Crippen molar-refractivity contribution in [2.75, 3.05) is 0 Å². The fraction of sp³-hybridized carbons (Fsp3) is 0.0625. The molecular formula is C64H44O. The monoisotopic (exact) mass is 828 g/mol. The summed E-state index contributed by atoms with van der Waals surface area (Å²) < 4.78 is 6.71. The minimum absolute atomic E-state index is 0.0577. The van der Waals surface area contributed by atoms with Crippen LogP contribution >= 0.6 is 0 Å². The van der Waals surface area contributed by atoms with E-state index in [-0.39, 0.29) is 5.92 Å². The van der Waals surface area contributed by atoms with Gasteiger partial charge in [0.15, 0.2) is 0 Å². The molecule has 1 nitrogen and oxygen atoms in total. The normalized spacial score (nSPS) is 14.5. The molecule has 1 heteroatoms. The maximum atomic E-state index is 6.71. The molecule has 0 bridgehead atoms. The summed E-state index contributed by atoms with van der Waals surface area (Å²) in [6, 6.07) is 92.4. The Hall–Kier alpha value is -8.00. The predicted molar refractivity (Wildman–Crippen MR) is 265 cm³/mol. The Balaban J connectivity index is 1.01. The van der Waals surface area contributed by atoms with Crippen molar-refractivity contribution in [1.29, 1.82) is 0 Å². The standard InChI is InChI=1S/C64H44O/c1-3-19-44(20-4-1)45-34-36-46(37-35-45)54(41-43-18-17-23-49(40-43)63(48-21-5-2-6-22-48)55-27-10-7-24-50(55)51-25-8-11-28-56(51)63)47-38-39-53-52-26-9-12-29-57(52)64(60(53)42-47)58-30-13-15-32-61(58)65-62-33-16-14-31-59(62)64/h1-40,42,54H,41H2. The van der Waals surface area contributed by atoms with E-state index in [4.69, 9.17) is 4.74 Å². The highest BCUT2D eigenvalue weighted by Gasteiger charge is 2.51. The molecule has 1 spiro atoms. The van der Waals surface area contributed by atoms with E-state index >= 15 is 0 Å². The van der Waals surface area contributed by atoms with Crippen LogP contribution in [0.15, 0.2) is 249 Å². The number of rotatable bonds is 7. The summed E-state index contributed by atoms with van der Waals surface area (Å²) in [5, 5.41) is 0. The van der Waals surface area contributed by atoms with E-state index in [1.807, 2.05) is 0 Å². The molecule has 306 valence electrons. The number of benzene rings is 10. The summed E-state index contributed by atoms with van der Waals surface area (Å²) in [4.78, 5) is 0. The first kappa shape index (κ1) is 37.5. The highest BCUT2D eigenvalue weighted by Crippen LogP contribution is 2.62. The predicted octanol–water partition coefficient (Wildman–Crippen LogP) is 15.6. The maximum Gasteiger partial charge on any atom is 0.132 e. The van der Waals surface area contributed by atoms with Crippen LogP contribution in [-0.2, 0) is 17.3 Å². The number of hydrogen-bond donors (Lipinski definition) is 0. The van der Waals surface area contributed by atoms with E-state index in [2.05, 4.69) is 249 Å². The van der Waals surface area contributed by atoms with E-state index < -0.39 is 10.8 Å². The Kier molecular flexibility index (Phi) is 8.55. The Morgan fingerprint density at radius 3 is 1.38 bits per heavy atom. The zero-order valence-electron chi connectivity index (χ0n) is 35.9. The van der Waals surface area contributed by atoms with Crippen molar-refractivity contribution in [1.82, 2.24) is 0 Å². The van der Waals surface area contributed by atoms with E-state index in [1.165, 1.54) is 94.6 Å². The summed E-state index contributed by atoms with van der Waals surface area (Å²) in [5.74, 6) is 1.88. The third kappa shape index (κ3) is 5.52. The minimum atomic E-state index is -0.541. The second kappa shape index (κ2) is 14.8. The van der Waals surface area contributed by atoms with Crippen molar-refractivity contribution in [2.24, 2.45) is 0 Å². The molecule has 0 amide bonds. The van der Waals surface area contributed by atoms with Gasteiger partial charge in [-0.05, 0) is 102 Å². The lowest BCUT2D eigenvalue weighted by atomic mass is 9.65. The highest BCUT2D eigenvalue weighted by molar-refractivity contribution is 5.89. The molecule has 2 aliphatic carbocycles. The average molecular weight is 829 g/mol. The first-order valence-electron chi connectivity index (χ1n) is 22.8. The van der Waals surface area contributed by atoms with Crippen LogP contribution in [0.25, 0.3) is 33.4 Å². The molecule has 1 heterocycles. The highest BCUT2D eigenvalue weighted by atomic mass is 16.5. The van der Waals surface area contributed by atoms with Gasteiger partial charge in [0.05, 0.1) is 10.8 Å². The lowest BCUT2D eigenvalue weighted by molar-refractivity contribution is 0.436. The SMILES string of the molecule is c1ccc(-c2ccc(C(Cc3cccc(C4(c5ccccc5)c5ccccc5-c5ccccc54)c3)c3ccc4c(c3)C3(c5ccccc5Oc5ccccc53)c3ccccc3-4)cc2)cc1. The van der Waals surface area contributed by atoms with Gasteiger partial charge in [0, 0.05) is 17.0 Å². The van der Waals surface area contributed by atoms with Gasteiger partial charge in [-0.3, -0.25) is 0 Å². The summed E-state index contributed by atoms with van der Waals surface area (Å²) in [5.41, 5.74) is 20.7. The van der Waals surface area contributed by atoms with E-state index in [0.29, 0.717) is 0 Å². The van der Waals surface area contributed by atoms with Crippen molar-refractivity contribution in [3.05, 3.63) is 310 Å². The molecule has 0 saturated heterocycles. The quantitative estimate of drug-likeness (QED) is 0.155. The molecule has 0 N–H and O–H groups in total. The average Bonchev–Trinajstić information content (AvgIpc) is 3.84. The number of fused-ring (bicyclic) bond motifs is 12. The van der Waals surface area contributed by atoms with E-state index in [0.717, 1.165) is 17.9 Å². The van der Waals surface area contributed by atoms with Crippen LogP contribution in [-0.4, -0.2) is 0 Å². The van der Waals surface area contributed by atoms with Gasteiger partial charge in [-0.25, -0.2) is 0 Å². The van der Waals surface area contributed by atoms with Crippen molar-refractivity contribution in [2.45, 2.75) is 23.2 Å². The van der Waals surface area contributed by atoms with Crippen LogP contribution in [0.5, 0.6) is 11.5 Å². The molecule has 10 aromatic carbocycles. The second-order valence-corrected chi connectivity index (χ2v) is 17.8. The van der Waals surface area contributed by atoms with Crippen molar-refractivity contribution in [3.8, 4) is 44.9 Å². The van der Waals surface area contributed by atoms with Crippen LogP contribution in [0.4, 0.5) is 0 Å². The van der Waals surface area contributed by atoms with Gasteiger partial charge in [0.1, 0.15) is 11.5 Å². The van der Waals surface area contributed by atoms with Gasteiger partial charge in [0.25, 0.3) is 0 Å². The zero-order valence-corrected chi connectivity index (χ0v) is 35.9. The van der Waals surface area contributed by atoms with Crippen LogP contribution < -0.4 is 4.74 Å². The van der Waals surface area contributed by atoms with Gasteiger partial charge in [-0.15, -0.1) is 0 Å². The Morgan fingerprint density at radius 1 is 0.308 bits per heavy atom. The molecule has 0 saturated carbocycles. The number of ether oxygens (including phenoxy) is 1. The van der Waals surface area contributed by atoms with Gasteiger partial charge >= 0.3 is 0 Å². The minimum Gasteiger partial charge on any atom is -0.457 e. The van der Waals surface area contributed by atoms with Crippen LogP contribution in [0.2, 0.25) is 0 Å². The van der Waals surface area contributed by atoms with Gasteiger partial charge < -0.3 is 4.74 Å². The van der Waals surface area contributed by atoms with Gasteiger partial charge in [-0.2, -0.15) is 0 Å².